The highest BCUT2D eigenvalue weighted by Crippen LogP contribution is 2.47. The lowest BCUT2D eigenvalue weighted by molar-refractivity contribution is -0.123. The van der Waals surface area contributed by atoms with E-state index in [0.29, 0.717) is 5.92 Å². The molecular formula is C12H18N2O. The van der Waals surface area contributed by atoms with Crippen molar-refractivity contribution in [1.29, 1.82) is 5.26 Å². The molecule has 0 aromatic heterocycles. The molecule has 0 aromatic rings. The summed E-state index contributed by atoms with van der Waals surface area (Å²) >= 11 is 0. The second-order valence-electron chi connectivity index (χ2n) is 5.03. The highest BCUT2D eigenvalue weighted by Gasteiger charge is 2.39. The minimum atomic E-state index is -0.511. The van der Waals surface area contributed by atoms with Crippen LogP contribution in [0.4, 0.5) is 0 Å². The molecule has 0 spiro atoms. The average molecular weight is 206 g/mol. The van der Waals surface area contributed by atoms with Crippen molar-refractivity contribution in [3.8, 4) is 6.07 Å². The summed E-state index contributed by atoms with van der Waals surface area (Å²) in [5.74, 6) is 1.82. The number of carbonyl (C=O) groups excluding carboxylic acids is 1. The van der Waals surface area contributed by atoms with E-state index < -0.39 is 5.92 Å². The van der Waals surface area contributed by atoms with Gasteiger partial charge in [-0.15, -0.1) is 0 Å². The molecule has 1 N–H and O–H groups in total. The Bertz CT molecular complexity index is 294. The predicted octanol–water partition coefficient (Wildman–Crippen LogP) is 1.70. The molecule has 2 bridgehead atoms. The van der Waals surface area contributed by atoms with Gasteiger partial charge >= 0.3 is 0 Å². The number of hydrogen-bond donors (Lipinski definition) is 1. The Morgan fingerprint density at radius 2 is 2.33 bits per heavy atom. The molecule has 82 valence electrons. The standard InChI is InChI=1S/C12H18N2O/c1-8(6-13)12(15)14-7-11-5-9-2-3-10(11)4-9/h8-11H,2-5,7H2,1H3,(H,14,15). The lowest BCUT2D eigenvalue weighted by Gasteiger charge is -2.22. The first kappa shape index (κ1) is 10.5. The van der Waals surface area contributed by atoms with Crippen LogP contribution >= 0.6 is 0 Å². The Labute approximate surface area is 90.8 Å². The largest absolute Gasteiger partial charge is 0.355 e. The van der Waals surface area contributed by atoms with Gasteiger partial charge in [-0.25, -0.2) is 0 Å². The predicted molar refractivity (Wildman–Crippen MR) is 56.7 cm³/mol. The molecule has 3 nitrogen and oxygen atoms in total. The quantitative estimate of drug-likeness (QED) is 0.764. The Kier molecular flexibility index (Phi) is 2.95. The Morgan fingerprint density at radius 1 is 1.53 bits per heavy atom. The van der Waals surface area contributed by atoms with Crippen molar-refractivity contribution < 1.29 is 4.79 Å². The first-order valence-corrected chi connectivity index (χ1v) is 5.88. The molecule has 15 heavy (non-hydrogen) atoms. The van der Waals surface area contributed by atoms with Gasteiger partial charge in [0.2, 0.25) is 5.91 Å². The Balaban J connectivity index is 1.75. The molecule has 1 amide bonds. The van der Waals surface area contributed by atoms with Gasteiger partial charge < -0.3 is 5.32 Å². The minimum absolute atomic E-state index is 0.111. The fourth-order valence-corrected chi connectivity index (χ4v) is 3.07. The zero-order valence-electron chi connectivity index (χ0n) is 9.20. The summed E-state index contributed by atoms with van der Waals surface area (Å²) in [5.41, 5.74) is 0. The second-order valence-corrected chi connectivity index (χ2v) is 5.03. The van der Waals surface area contributed by atoms with Crippen molar-refractivity contribution in [3.63, 3.8) is 0 Å². The monoisotopic (exact) mass is 206 g/mol. The number of rotatable bonds is 3. The van der Waals surface area contributed by atoms with Crippen LogP contribution in [0.15, 0.2) is 0 Å². The van der Waals surface area contributed by atoms with Crippen LogP contribution in [-0.4, -0.2) is 12.5 Å². The summed E-state index contributed by atoms with van der Waals surface area (Å²) in [6.45, 7) is 2.43. The van der Waals surface area contributed by atoms with Gasteiger partial charge in [0.1, 0.15) is 5.92 Å². The highest BCUT2D eigenvalue weighted by molar-refractivity contribution is 5.80. The van der Waals surface area contributed by atoms with Crippen molar-refractivity contribution in [2.45, 2.75) is 32.6 Å². The van der Waals surface area contributed by atoms with Gasteiger partial charge in [0, 0.05) is 6.54 Å². The molecule has 3 heteroatoms. The van der Waals surface area contributed by atoms with Gasteiger partial charge in [-0.05, 0) is 43.9 Å². The average Bonchev–Trinajstić information content (AvgIpc) is 2.86. The van der Waals surface area contributed by atoms with E-state index in [1.165, 1.54) is 25.7 Å². The molecule has 0 saturated heterocycles. The SMILES string of the molecule is CC(C#N)C(=O)NCC1CC2CCC1C2. The summed E-state index contributed by atoms with van der Waals surface area (Å²) in [6.07, 6.45) is 5.39. The van der Waals surface area contributed by atoms with Crippen molar-refractivity contribution in [3.05, 3.63) is 0 Å². The number of nitrogens with zero attached hydrogens (tertiary/aromatic N) is 1. The molecule has 2 fully saturated rings. The molecule has 2 aliphatic rings. The smallest absolute Gasteiger partial charge is 0.237 e. The van der Waals surface area contributed by atoms with Crippen LogP contribution in [0, 0.1) is 35.0 Å². The van der Waals surface area contributed by atoms with Crippen molar-refractivity contribution in [2.24, 2.45) is 23.7 Å². The summed E-state index contributed by atoms with van der Waals surface area (Å²) in [7, 11) is 0. The lowest BCUT2D eigenvalue weighted by atomic mass is 9.89. The molecule has 2 rings (SSSR count). The Morgan fingerprint density at radius 3 is 2.87 bits per heavy atom. The van der Waals surface area contributed by atoms with Gasteiger partial charge in [-0.2, -0.15) is 5.26 Å². The maximum Gasteiger partial charge on any atom is 0.237 e. The van der Waals surface area contributed by atoms with Gasteiger partial charge in [0.15, 0.2) is 0 Å². The van der Waals surface area contributed by atoms with Gasteiger partial charge in [0.25, 0.3) is 0 Å². The van der Waals surface area contributed by atoms with E-state index in [1.807, 2.05) is 6.07 Å². The molecule has 0 aromatic carbocycles. The molecule has 0 aliphatic heterocycles. The fraction of sp³-hybridized carbons (Fsp3) is 0.833. The van der Waals surface area contributed by atoms with Crippen LogP contribution in [0.5, 0.6) is 0 Å². The second kappa shape index (κ2) is 4.22. The number of nitriles is 1. The van der Waals surface area contributed by atoms with E-state index in [1.54, 1.807) is 6.92 Å². The maximum absolute atomic E-state index is 11.4. The summed E-state index contributed by atoms with van der Waals surface area (Å²) < 4.78 is 0. The molecular weight excluding hydrogens is 188 g/mol. The molecule has 0 heterocycles. The van der Waals surface area contributed by atoms with Gasteiger partial charge in [-0.1, -0.05) is 6.42 Å². The number of nitrogens with one attached hydrogen (secondary N) is 1. The van der Waals surface area contributed by atoms with E-state index in [2.05, 4.69) is 5.32 Å². The zero-order chi connectivity index (χ0) is 10.8. The molecule has 2 saturated carbocycles. The first-order chi connectivity index (χ1) is 7.20. The van der Waals surface area contributed by atoms with Crippen LogP contribution < -0.4 is 5.32 Å². The number of amides is 1. The van der Waals surface area contributed by atoms with E-state index in [0.717, 1.165) is 18.4 Å². The van der Waals surface area contributed by atoms with E-state index in [-0.39, 0.29) is 5.91 Å². The number of fused-ring (bicyclic) bond motifs is 2. The van der Waals surface area contributed by atoms with E-state index in [4.69, 9.17) is 5.26 Å². The van der Waals surface area contributed by atoms with Crippen LogP contribution in [0.25, 0.3) is 0 Å². The van der Waals surface area contributed by atoms with Crippen LogP contribution in [0.1, 0.15) is 32.6 Å². The topological polar surface area (TPSA) is 52.9 Å². The third-order valence-corrected chi connectivity index (χ3v) is 4.01. The number of carbonyl (C=O) groups is 1. The molecule has 2 aliphatic carbocycles. The third kappa shape index (κ3) is 2.14. The summed E-state index contributed by atoms with van der Waals surface area (Å²) in [4.78, 5) is 11.4. The Hall–Kier alpha value is -1.04. The van der Waals surface area contributed by atoms with E-state index >= 15 is 0 Å². The minimum Gasteiger partial charge on any atom is -0.355 e. The van der Waals surface area contributed by atoms with Gasteiger partial charge in [0.05, 0.1) is 6.07 Å². The zero-order valence-corrected chi connectivity index (χ0v) is 9.20. The fourth-order valence-electron chi connectivity index (χ4n) is 3.07. The highest BCUT2D eigenvalue weighted by atomic mass is 16.1. The van der Waals surface area contributed by atoms with Crippen molar-refractivity contribution >= 4 is 5.91 Å². The third-order valence-electron chi connectivity index (χ3n) is 4.01. The maximum atomic E-state index is 11.4. The van der Waals surface area contributed by atoms with E-state index in [9.17, 15) is 4.79 Å². The van der Waals surface area contributed by atoms with Gasteiger partial charge in [-0.3, -0.25) is 4.79 Å². The van der Waals surface area contributed by atoms with Crippen molar-refractivity contribution in [2.75, 3.05) is 6.54 Å². The van der Waals surface area contributed by atoms with Crippen molar-refractivity contribution in [1.82, 2.24) is 5.32 Å². The molecule has 0 radical (unpaired) electrons. The normalized spacial score (nSPS) is 34.8. The van der Waals surface area contributed by atoms with Crippen LogP contribution in [0.3, 0.4) is 0 Å². The lowest BCUT2D eigenvalue weighted by Crippen LogP contribution is -2.34. The summed E-state index contributed by atoms with van der Waals surface area (Å²) in [6, 6.07) is 1.96. The molecule has 4 unspecified atom stereocenters. The first-order valence-electron chi connectivity index (χ1n) is 5.88. The molecule has 4 atom stereocenters. The van der Waals surface area contributed by atoms with Crippen LogP contribution in [0.2, 0.25) is 0 Å². The number of hydrogen-bond acceptors (Lipinski definition) is 2. The van der Waals surface area contributed by atoms with Crippen LogP contribution in [-0.2, 0) is 4.79 Å². The summed E-state index contributed by atoms with van der Waals surface area (Å²) in [5, 5.41) is 11.5.